The van der Waals surface area contributed by atoms with Crippen molar-refractivity contribution in [1.29, 1.82) is 0 Å². The van der Waals surface area contributed by atoms with E-state index in [1.807, 2.05) is 0 Å². The molecule has 0 aliphatic heterocycles. The molecule has 0 rings (SSSR count). The summed E-state index contributed by atoms with van der Waals surface area (Å²) in [6.07, 6.45) is 0. The minimum absolute atomic E-state index is 0. The summed E-state index contributed by atoms with van der Waals surface area (Å²) < 4.78 is 34.3. The van der Waals surface area contributed by atoms with Crippen LogP contribution in [0.1, 0.15) is 0 Å². The molecular formula is H8MnN2O4. The van der Waals surface area contributed by atoms with Gasteiger partial charge < -0.3 is 12.3 Å². The van der Waals surface area contributed by atoms with Gasteiger partial charge in [-0.3, -0.25) is 0 Å². The number of hydrogen-bond donors (Lipinski definition) is 2. The van der Waals surface area contributed by atoms with Gasteiger partial charge in [0.05, 0.1) is 0 Å². The first-order valence-electron chi connectivity index (χ1n) is 0.617. The molecule has 0 radical (unpaired) electrons. The second kappa shape index (κ2) is 4.13. The van der Waals surface area contributed by atoms with Crippen molar-refractivity contribution in [1.82, 2.24) is 12.3 Å². The summed E-state index contributed by atoms with van der Waals surface area (Å²) in [4.78, 5) is 0. The summed E-state index contributed by atoms with van der Waals surface area (Å²) in [6, 6.07) is 0. The Labute approximate surface area is 42.6 Å². The predicted octanol–water partition coefficient (Wildman–Crippen LogP) is -1.87. The van der Waals surface area contributed by atoms with Gasteiger partial charge in [0.25, 0.3) is 0 Å². The quantitative estimate of drug-likeness (QED) is 0.393. The molecule has 0 spiro atoms. The Hall–Kier alpha value is -0.0405. The summed E-state index contributed by atoms with van der Waals surface area (Å²) in [5.74, 6) is 0. The molecule has 0 amide bonds. The Morgan fingerprint density at radius 3 is 1.00 bits per heavy atom. The molecule has 0 aromatic heterocycles. The molecule has 0 atom stereocenters. The molecule has 8 N–H and O–H groups in total. The Morgan fingerprint density at radius 2 is 1.00 bits per heavy atom. The molecule has 0 unspecified atom stereocenters. The topological polar surface area (TPSA) is 153 Å². The van der Waals surface area contributed by atoms with Crippen LogP contribution in [0.3, 0.4) is 0 Å². The summed E-state index contributed by atoms with van der Waals surface area (Å²) in [5.41, 5.74) is 0. The van der Waals surface area contributed by atoms with Crippen molar-refractivity contribution in [2.45, 2.75) is 0 Å². The van der Waals surface area contributed by atoms with Gasteiger partial charge >= 0.3 is 29.4 Å². The van der Waals surface area contributed by atoms with E-state index < -0.39 is 13.4 Å². The van der Waals surface area contributed by atoms with Crippen LogP contribution in [0.15, 0.2) is 0 Å². The summed E-state index contributed by atoms with van der Waals surface area (Å²) in [6.45, 7) is 0. The van der Waals surface area contributed by atoms with Crippen molar-refractivity contribution in [2.24, 2.45) is 0 Å². The van der Waals surface area contributed by atoms with Gasteiger partial charge in [-0.1, -0.05) is 0 Å². The van der Waals surface area contributed by atoms with Crippen LogP contribution in [-0.2, 0) is 21.0 Å². The van der Waals surface area contributed by atoms with Gasteiger partial charge in [0, 0.05) is 0 Å². The molecular weight excluding hydrogens is 147 g/mol. The third kappa shape index (κ3) is 56900. The Morgan fingerprint density at radius 1 is 1.00 bits per heavy atom. The second-order valence-electron chi connectivity index (χ2n) is 0.378. The first-order chi connectivity index (χ1) is 2.00. The van der Waals surface area contributed by atoms with E-state index in [0.29, 0.717) is 0 Å². The Bertz CT molecular complexity index is 92.9. The maximum atomic E-state index is 8.58. The molecule has 7 heteroatoms. The fraction of sp³-hybridized carbons (Fsp3) is 0. The van der Waals surface area contributed by atoms with Crippen molar-refractivity contribution < 1.29 is 29.4 Å². The molecule has 49 valence electrons. The van der Waals surface area contributed by atoms with Gasteiger partial charge in [-0.2, -0.15) is 0 Å². The summed E-state index contributed by atoms with van der Waals surface area (Å²) >= 11 is -5.62. The van der Waals surface area contributed by atoms with Gasteiger partial charge in [-0.05, 0) is 0 Å². The van der Waals surface area contributed by atoms with E-state index in [0.717, 1.165) is 0 Å². The third-order valence-electron chi connectivity index (χ3n) is 0. The zero-order valence-corrected chi connectivity index (χ0v) is 5.19. The van der Waals surface area contributed by atoms with E-state index in [1.165, 1.54) is 0 Å². The zero-order valence-electron chi connectivity index (χ0n) is 4.01. The molecule has 0 saturated heterocycles. The SMILES string of the molecule is [NH4+].[NH4+].[O]=[Mn](=[O])([O-])[O-]. The fourth-order valence-corrected chi connectivity index (χ4v) is 0. The van der Waals surface area contributed by atoms with Crippen molar-refractivity contribution in [2.75, 3.05) is 0 Å². The van der Waals surface area contributed by atoms with Crippen LogP contribution in [-0.4, -0.2) is 0 Å². The van der Waals surface area contributed by atoms with Crippen molar-refractivity contribution >= 4 is 0 Å². The van der Waals surface area contributed by atoms with Crippen LogP contribution in [0.2, 0.25) is 0 Å². The van der Waals surface area contributed by atoms with Crippen LogP contribution < -0.4 is 20.7 Å². The fourth-order valence-electron chi connectivity index (χ4n) is 0. The van der Waals surface area contributed by atoms with Gasteiger partial charge in [0.15, 0.2) is 0 Å². The first kappa shape index (κ1) is 15.8. The van der Waals surface area contributed by atoms with Crippen LogP contribution >= 0.6 is 0 Å². The minimum atomic E-state index is -5.62. The molecule has 7 heavy (non-hydrogen) atoms. The molecule has 0 bridgehead atoms. The molecule has 6 nitrogen and oxygen atoms in total. The Kier molecular flexibility index (Phi) is 9.30. The van der Waals surface area contributed by atoms with Crippen molar-refractivity contribution in [3.63, 3.8) is 0 Å². The molecule has 0 fully saturated rings. The monoisotopic (exact) mass is 155 g/mol. The van der Waals surface area contributed by atoms with E-state index in [1.54, 1.807) is 0 Å². The van der Waals surface area contributed by atoms with Crippen LogP contribution in [0.4, 0.5) is 0 Å². The van der Waals surface area contributed by atoms with Gasteiger partial charge in [-0.25, -0.2) is 0 Å². The second-order valence-corrected chi connectivity index (χ2v) is 1.56. The molecule has 0 aliphatic carbocycles. The number of rotatable bonds is 0. The van der Waals surface area contributed by atoms with E-state index in [2.05, 4.69) is 0 Å². The van der Waals surface area contributed by atoms with Crippen LogP contribution in [0, 0.1) is 0 Å². The van der Waals surface area contributed by atoms with Crippen molar-refractivity contribution in [3.05, 3.63) is 0 Å². The molecule has 0 aromatic rings. The van der Waals surface area contributed by atoms with E-state index >= 15 is 0 Å². The van der Waals surface area contributed by atoms with Crippen molar-refractivity contribution in [3.8, 4) is 0 Å². The summed E-state index contributed by atoms with van der Waals surface area (Å²) in [5, 5.41) is 0. The Balaban J connectivity index is -0.0000000800. The van der Waals surface area contributed by atoms with E-state index in [4.69, 9.17) is 16.0 Å². The number of hydrogen-bond acceptors (Lipinski definition) is 4. The standard InChI is InChI=1S/Mn.2H3N.4O/h;2*1H3;;;;/q;;;;;2*-1/p+2. The normalized spacial score (nSPS) is 8.29. The van der Waals surface area contributed by atoms with Gasteiger partial charge in [0.2, 0.25) is 0 Å². The van der Waals surface area contributed by atoms with Gasteiger partial charge in [0.1, 0.15) is 0 Å². The van der Waals surface area contributed by atoms with Crippen LogP contribution in [0.5, 0.6) is 0 Å². The first-order valence-corrected chi connectivity index (χ1v) is 2.54. The van der Waals surface area contributed by atoms with E-state index in [9.17, 15) is 0 Å². The van der Waals surface area contributed by atoms with Gasteiger partial charge in [-0.15, -0.1) is 0 Å². The average molecular weight is 155 g/mol. The van der Waals surface area contributed by atoms with E-state index in [-0.39, 0.29) is 12.3 Å². The summed E-state index contributed by atoms with van der Waals surface area (Å²) in [7, 11) is 0. The molecule has 0 aromatic carbocycles. The van der Waals surface area contributed by atoms with Crippen LogP contribution in [0.25, 0.3) is 0 Å². The number of quaternary nitrogens is 2. The third-order valence-corrected chi connectivity index (χ3v) is 0. The zero-order chi connectivity index (χ0) is 4.50. The average Bonchev–Trinajstić information content (AvgIpc) is 0.722. The molecule has 0 heterocycles. The molecule has 0 saturated carbocycles. The maximum absolute atomic E-state index is 8.58. The predicted molar refractivity (Wildman–Crippen MR) is 13.3 cm³/mol. The molecule has 0 aliphatic rings.